The predicted molar refractivity (Wildman–Crippen MR) is 69.5 cm³/mol. The summed E-state index contributed by atoms with van der Waals surface area (Å²) in [4.78, 5) is 11.0. The molecule has 4 nitrogen and oxygen atoms in total. The summed E-state index contributed by atoms with van der Waals surface area (Å²) in [7, 11) is 0. The van der Waals surface area contributed by atoms with E-state index in [1.54, 1.807) is 6.07 Å². The van der Waals surface area contributed by atoms with Crippen molar-refractivity contribution in [2.75, 3.05) is 0 Å². The van der Waals surface area contributed by atoms with Gasteiger partial charge in [0.15, 0.2) is 0 Å². The minimum absolute atomic E-state index is 0.00880. The molecule has 0 aliphatic rings. The van der Waals surface area contributed by atoms with E-state index in [0.29, 0.717) is 11.5 Å². The van der Waals surface area contributed by atoms with Gasteiger partial charge in [0.25, 0.3) is 0 Å². The molecule has 0 radical (unpaired) electrons. The maximum Gasteiger partial charge on any atom is 0.335 e. The molecule has 0 saturated carbocycles. The standard InChI is InChI=1S/C14H20O4/c1-5-10(4)18-13-7-11(14(15)16)6-12(8-13)17-9(2)3/h6-10H,5H2,1-4H3,(H,15,16). The molecule has 4 heteroatoms. The molecule has 1 aromatic carbocycles. The highest BCUT2D eigenvalue weighted by Gasteiger charge is 2.11. The highest BCUT2D eigenvalue weighted by atomic mass is 16.5. The van der Waals surface area contributed by atoms with Gasteiger partial charge in [-0.05, 0) is 39.3 Å². The Balaban J connectivity index is 3.01. The quantitative estimate of drug-likeness (QED) is 0.843. The van der Waals surface area contributed by atoms with Crippen molar-refractivity contribution in [2.45, 2.75) is 46.3 Å². The number of carboxylic acids is 1. The molecule has 0 bridgehead atoms. The van der Waals surface area contributed by atoms with Crippen molar-refractivity contribution in [3.8, 4) is 11.5 Å². The number of rotatable bonds is 6. The van der Waals surface area contributed by atoms with Gasteiger partial charge in [-0.2, -0.15) is 0 Å². The maximum atomic E-state index is 11.0. The summed E-state index contributed by atoms with van der Waals surface area (Å²) in [5.74, 6) is 0.0568. The second-order valence-corrected chi connectivity index (χ2v) is 4.50. The van der Waals surface area contributed by atoms with Gasteiger partial charge >= 0.3 is 5.97 Å². The van der Waals surface area contributed by atoms with Crippen LogP contribution in [-0.2, 0) is 0 Å². The lowest BCUT2D eigenvalue weighted by Crippen LogP contribution is -2.11. The van der Waals surface area contributed by atoms with Crippen LogP contribution in [0, 0.1) is 0 Å². The number of carbonyl (C=O) groups is 1. The Morgan fingerprint density at radius 1 is 1.17 bits per heavy atom. The minimum atomic E-state index is -0.988. The molecule has 0 saturated heterocycles. The molecule has 1 rings (SSSR count). The fourth-order valence-electron chi connectivity index (χ4n) is 1.42. The first kappa shape index (κ1) is 14.4. The number of aromatic carboxylic acids is 1. The van der Waals surface area contributed by atoms with E-state index < -0.39 is 5.97 Å². The van der Waals surface area contributed by atoms with Crippen LogP contribution in [0.25, 0.3) is 0 Å². The second-order valence-electron chi connectivity index (χ2n) is 4.50. The maximum absolute atomic E-state index is 11.0. The molecular formula is C14H20O4. The minimum Gasteiger partial charge on any atom is -0.491 e. The van der Waals surface area contributed by atoms with Crippen molar-refractivity contribution in [3.05, 3.63) is 23.8 Å². The molecule has 1 atom stereocenters. The second kappa shape index (κ2) is 6.28. The largest absolute Gasteiger partial charge is 0.491 e. The van der Waals surface area contributed by atoms with Crippen LogP contribution in [0.1, 0.15) is 44.5 Å². The van der Waals surface area contributed by atoms with E-state index in [1.807, 2.05) is 27.7 Å². The Hall–Kier alpha value is -1.71. The Morgan fingerprint density at radius 3 is 2.17 bits per heavy atom. The van der Waals surface area contributed by atoms with Crippen LogP contribution in [0.3, 0.4) is 0 Å². The normalized spacial score (nSPS) is 12.3. The van der Waals surface area contributed by atoms with Crippen LogP contribution in [0.15, 0.2) is 18.2 Å². The summed E-state index contributed by atoms with van der Waals surface area (Å²) in [5, 5.41) is 9.05. The molecule has 1 unspecified atom stereocenters. The summed E-state index contributed by atoms with van der Waals surface area (Å²) in [6.45, 7) is 7.74. The number of hydrogen-bond acceptors (Lipinski definition) is 3. The molecule has 18 heavy (non-hydrogen) atoms. The van der Waals surface area contributed by atoms with Gasteiger partial charge in [-0.3, -0.25) is 0 Å². The Morgan fingerprint density at radius 2 is 1.72 bits per heavy atom. The zero-order valence-electron chi connectivity index (χ0n) is 11.3. The van der Waals surface area contributed by atoms with Gasteiger partial charge in [-0.15, -0.1) is 0 Å². The van der Waals surface area contributed by atoms with Gasteiger partial charge in [-0.1, -0.05) is 6.92 Å². The van der Waals surface area contributed by atoms with Gasteiger partial charge in [-0.25, -0.2) is 4.79 Å². The van der Waals surface area contributed by atoms with Gasteiger partial charge in [0.2, 0.25) is 0 Å². The molecular weight excluding hydrogens is 232 g/mol. The van der Waals surface area contributed by atoms with E-state index in [1.165, 1.54) is 12.1 Å². The summed E-state index contributed by atoms with van der Waals surface area (Å²) in [6.07, 6.45) is 0.893. The molecule has 1 N–H and O–H groups in total. The van der Waals surface area contributed by atoms with E-state index >= 15 is 0 Å². The summed E-state index contributed by atoms with van der Waals surface area (Å²) >= 11 is 0. The lowest BCUT2D eigenvalue weighted by atomic mass is 10.2. The van der Waals surface area contributed by atoms with E-state index in [-0.39, 0.29) is 17.8 Å². The predicted octanol–water partition coefficient (Wildman–Crippen LogP) is 3.35. The van der Waals surface area contributed by atoms with Crippen LogP contribution in [0.4, 0.5) is 0 Å². The van der Waals surface area contributed by atoms with Crippen molar-refractivity contribution in [3.63, 3.8) is 0 Å². The smallest absolute Gasteiger partial charge is 0.335 e. The fourth-order valence-corrected chi connectivity index (χ4v) is 1.42. The van der Waals surface area contributed by atoms with Crippen LogP contribution >= 0.6 is 0 Å². The number of carboxylic acid groups (broad SMARTS) is 1. The zero-order chi connectivity index (χ0) is 13.7. The molecule has 0 aliphatic heterocycles. The lowest BCUT2D eigenvalue weighted by molar-refractivity contribution is 0.0695. The Labute approximate surface area is 108 Å². The monoisotopic (exact) mass is 252 g/mol. The van der Waals surface area contributed by atoms with Gasteiger partial charge in [0, 0.05) is 6.07 Å². The lowest BCUT2D eigenvalue weighted by Gasteiger charge is -2.16. The van der Waals surface area contributed by atoms with Crippen molar-refractivity contribution < 1.29 is 19.4 Å². The average Bonchev–Trinajstić information content (AvgIpc) is 2.27. The molecule has 0 aliphatic carbocycles. The fraction of sp³-hybridized carbons (Fsp3) is 0.500. The summed E-state index contributed by atoms with van der Waals surface area (Å²) in [6, 6.07) is 4.74. The highest BCUT2D eigenvalue weighted by molar-refractivity contribution is 5.88. The molecule has 0 heterocycles. The van der Waals surface area contributed by atoms with Gasteiger partial charge in [0.05, 0.1) is 17.8 Å². The van der Waals surface area contributed by atoms with Crippen LogP contribution in [-0.4, -0.2) is 23.3 Å². The van der Waals surface area contributed by atoms with Crippen LogP contribution in [0.2, 0.25) is 0 Å². The molecule has 0 spiro atoms. The average molecular weight is 252 g/mol. The third kappa shape index (κ3) is 4.28. The number of benzene rings is 1. The highest BCUT2D eigenvalue weighted by Crippen LogP contribution is 2.25. The van der Waals surface area contributed by atoms with Crippen molar-refractivity contribution >= 4 is 5.97 Å². The van der Waals surface area contributed by atoms with Crippen LogP contribution in [0.5, 0.6) is 11.5 Å². The van der Waals surface area contributed by atoms with E-state index in [4.69, 9.17) is 14.6 Å². The van der Waals surface area contributed by atoms with Crippen LogP contribution < -0.4 is 9.47 Å². The third-order valence-electron chi connectivity index (χ3n) is 2.41. The molecule has 0 amide bonds. The number of ether oxygens (including phenoxy) is 2. The third-order valence-corrected chi connectivity index (χ3v) is 2.41. The first-order valence-corrected chi connectivity index (χ1v) is 6.14. The summed E-state index contributed by atoms with van der Waals surface area (Å²) < 4.78 is 11.2. The molecule has 0 aromatic heterocycles. The Kier molecular flexibility index (Phi) is 5.01. The van der Waals surface area contributed by atoms with Crippen molar-refractivity contribution in [1.29, 1.82) is 0 Å². The van der Waals surface area contributed by atoms with E-state index in [0.717, 1.165) is 6.42 Å². The Bertz CT molecular complexity index is 412. The molecule has 100 valence electrons. The number of hydrogen-bond donors (Lipinski definition) is 1. The first-order chi connectivity index (χ1) is 8.42. The van der Waals surface area contributed by atoms with Crippen molar-refractivity contribution in [1.82, 2.24) is 0 Å². The van der Waals surface area contributed by atoms with Gasteiger partial charge < -0.3 is 14.6 Å². The molecule has 0 fully saturated rings. The van der Waals surface area contributed by atoms with E-state index in [2.05, 4.69) is 0 Å². The molecule has 1 aromatic rings. The zero-order valence-corrected chi connectivity index (χ0v) is 11.3. The van der Waals surface area contributed by atoms with E-state index in [9.17, 15) is 4.79 Å². The topological polar surface area (TPSA) is 55.8 Å². The van der Waals surface area contributed by atoms with Crippen molar-refractivity contribution in [2.24, 2.45) is 0 Å². The summed E-state index contributed by atoms with van der Waals surface area (Å²) in [5.41, 5.74) is 0.173. The SMILES string of the molecule is CCC(C)Oc1cc(OC(C)C)cc(C(=O)O)c1. The van der Waals surface area contributed by atoms with Gasteiger partial charge in [0.1, 0.15) is 11.5 Å². The first-order valence-electron chi connectivity index (χ1n) is 6.14.